The summed E-state index contributed by atoms with van der Waals surface area (Å²) in [5, 5.41) is 3.11. The molecule has 0 atom stereocenters. The van der Waals surface area contributed by atoms with Crippen LogP contribution in [-0.4, -0.2) is 30.4 Å². The summed E-state index contributed by atoms with van der Waals surface area (Å²) in [6.45, 7) is 8.67. The largest absolute Gasteiger partial charge is 0.352 e. The van der Waals surface area contributed by atoms with Crippen LogP contribution in [0.2, 0.25) is 0 Å². The lowest BCUT2D eigenvalue weighted by molar-refractivity contribution is -0.124. The third-order valence-corrected chi connectivity index (χ3v) is 5.66. The van der Waals surface area contributed by atoms with Crippen molar-refractivity contribution in [2.75, 3.05) is 19.6 Å². The van der Waals surface area contributed by atoms with Crippen molar-refractivity contribution in [1.29, 1.82) is 0 Å². The minimum atomic E-state index is 0.0347. The molecule has 2 rings (SSSR count). The summed E-state index contributed by atoms with van der Waals surface area (Å²) in [5.74, 6) is 0.140. The van der Waals surface area contributed by atoms with Crippen LogP contribution in [0, 0.1) is 5.41 Å². The Balaban J connectivity index is 1.86. The van der Waals surface area contributed by atoms with E-state index >= 15 is 0 Å². The van der Waals surface area contributed by atoms with Gasteiger partial charge in [-0.25, -0.2) is 0 Å². The summed E-state index contributed by atoms with van der Waals surface area (Å²) in [4.78, 5) is 14.8. The standard InChI is InChI=1S/C21H35N3O/c1-3-24(4-2)16-19-10-8-9-18(13-19)15-23-20(25)14-21(17-22)11-6-5-7-12-21/h8-10,13H,3-7,11-12,14-17,22H2,1-2H3,(H,23,25). The lowest BCUT2D eigenvalue weighted by atomic mass is 9.71. The van der Waals surface area contributed by atoms with E-state index in [0.29, 0.717) is 19.5 Å². The average molecular weight is 346 g/mol. The first-order valence-corrected chi connectivity index (χ1v) is 9.88. The van der Waals surface area contributed by atoms with Gasteiger partial charge in [0.25, 0.3) is 0 Å². The highest BCUT2D eigenvalue weighted by atomic mass is 16.1. The first-order valence-electron chi connectivity index (χ1n) is 9.88. The van der Waals surface area contributed by atoms with Crippen LogP contribution < -0.4 is 11.1 Å². The zero-order chi connectivity index (χ0) is 18.1. The van der Waals surface area contributed by atoms with E-state index in [1.54, 1.807) is 0 Å². The molecule has 0 spiro atoms. The van der Waals surface area contributed by atoms with Gasteiger partial charge in [-0.05, 0) is 49.0 Å². The number of rotatable bonds is 9. The average Bonchev–Trinajstić information content (AvgIpc) is 2.65. The van der Waals surface area contributed by atoms with E-state index in [9.17, 15) is 4.79 Å². The van der Waals surface area contributed by atoms with Crippen LogP contribution in [-0.2, 0) is 17.9 Å². The van der Waals surface area contributed by atoms with Crippen LogP contribution in [0.3, 0.4) is 0 Å². The van der Waals surface area contributed by atoms with Crippen molar-refractivity contribution >= 4 is 5.91 Å². The van der Waals surface area contributed by atoms with Crippen LogP contribution in [0.1, 0.15) is 63.5 Å². The topological polar surface area (TPSA) is 58.4 Å². The predicted octanol–water partition coefficient (Wildman–Crippen LogP) is 3.44. The summed E-state index contributed by atoms with van der Waals surface area (Å²) in [5.41, 5.74) is 8.51. The maximum Gasteiger partial charge on any atom is 0.220 e. The van der Waals surface area contributed by atoms with Gasteiger partial charge < -0.3 is 11.1 Å². The first-order chi connectivity index (χ1) is 12.1. The first kappa shape index (κ1) is 19.9. The Labute approximate surface area is 153 Å². The van der Waals surface area contributed by atoms with Gasteiger partial charge in [0, 0.05) is 19.5 Å². The third-order valence-electron chi connectivity index (χ3n) is 5.66. The zero-order valence-electron chi connectivity index (χ0n) is 16.0. The number of carbonyl (C=O) groups excluding carboxylic acids is 1. The molecule has 1 aliphatic rings. The summed E-state index contributed by atoms with van der Waals surface area (Å²) >= 11 is 0. The molecule has 1 saturated carbocycles. The SMILES string of the molecule is CCN(CC)Cc1cccc(CNC(=O)CC2(CN)CCCCC2)c1. The van der Waals surface area contributed by atoms with Gasteiger partial charge in [0.2, 0.25) is 5.91 Å². The molecule has 1 amide bonds. The van der Waals surface area contributed by atoms with Crippen molar-refractivity contribution in [2.45, 2.75) is 65.5 Å². The molecule has 1 aromatic carbocycles. The van der Waals surface area contributed by atoms with Gasteiger partial charge in [0.1, 0.15) is 0 Å². The van der Waals surface area contributed by atoms with Crippen molar-refractivity contribution < 1.29 is 4.79 Å². The Morgan fingerprint density at radius 3 is 2.48 bits per heavy atom. The van der Waals surface area contributed by atoms with E-state index in [4.69, 9.17) is 5.73 Å². The Morgan fingerprint density at radius 1 is 1.16 bits per heavy atom. The highest BCUT2D eigenvalue weighted by molar-refractivity contribution is 5.76. The zero-order valence-corrected chi connectivity index (χ0v) is 16.0. The normalized spacial score (nSPS) is 16.8. The van der Waals surface area contributed by atoms with E-state index in [1.807, 2.05) is 0 Å². The van der Waals surface area contributed by atoms with Crippen molar-refractivity contribution in [1.82, 2.24) is 10.2 Å². The second kappa shape index (κ2) is 9.93. The third kappa shape index (κ3) is 6.12. The van der Waals surface area contributed by atoms with Gasteiger partial charge >= 0.3 is 0 Å². The van der Waals surface area contributed by atoms with Gasteiger partial charge in [-0.2, -0.15) is 0 Å². The van der Waals surface area contributed by atoms with Gasteiger partial charge in [-0.1, -0.05) is 57.4 Å². The molecular weight excluding hydrogens is 310 g/mol. The van der Waals surface area contributed by atoms with Crippen molar-refractivity contribution in [3.8, 4) is 0 Å². The molecule has 1 aliphatic carbocycles. The molecule has 0 saturated heterocycles. The summed E-state index contributed by atoms with van der Waals surface area (Å²) in [6.07, 6.45) is 6.45. The number of hydrogen-bond donors (Lipinski definition) is 2. The van der Waals surface area contributed by atoms with E-state index in [0.717, 1.165) is 32.5 Å². The minimum absolute atomic E-state index is 0.0347. The maximum absolute atomic E-state index is 12.4. The van der Waals surface area contributed by atoms with E-state index in [2.05, 4.69) is 48.3 Å². The van der Waals surface area contributed by atoms with Crippen molar-refractivity contribution in [3.63, 3.8) is 0 Å². The highest BCUT2D eigenvalue weighted by Gasteiger charge is 2.32. The number of nitrogens with two attached hydrogens (primary N) is 1. The molecule has 140 valence electrons. The number of hydrogen-bond acceptors (Lipinski definition) is 3. The lowest BCUT2D eigenvalue weighted by Crippen LogP contribution is -2.38. The summed E-state index contributed by atoms with van der Waals surface area (Å²) < 4.78 is 0. The Morgan fingerprint density at radius 2 is 1.84 bits per heavy atom. The quantitative estimate of drug-likeness (QED) is 0.721. The molecular formula is C21H35N3O. The van der Waals surface area contributed by atoms with Crippen LogP contribution in [0.25, 0.3) is 0 Å². The fraction of sp³-hybridized carbons (Fsp3) is 0.667. The number of benzene rings is 1. The predicted molar refractivity (Wildman–Crippen MR) is 104 cm³/mol. The summed E-state index contributed by atoms with van der Waals surface area (Å²) in [7, 11) is 0. The van der Waals surface area contributed by atoms with Crippen molar-refractivity contribution in [3.05, 3.63) is 35.4 Å². The van der Waals surface area contributed by atoms with E-state index in [1.165, 1.54) is 30.4 Å². The minimum Gasteiger partial charge on any atom is -0.352 e. The Bertz CT molecular complexity index is 534. The molecule has 4 nitrogen and oxygen atoms in total. The second-order valence-electron chi connectivity index (χ2n) is 7.50. The highest BCUT2D eigenvalue weighted by Crippen LogP contribution is 2.38. The molecule has 0 heterocycles. The smallest absolute Gasteiger partial charge is 0.220 e. The monoisotopic (exact) mass is 345 g/mol. The van der Waals surface area contributed by atoms with E-state index in [-0.39, 0.29) is 11.3 Å². The molecule has 25 heavy (non-hydrogen) atoms. The molecule has 0 aliphatic heterocycles. The molecule has 0 radical (unpaired) electrons. The molecule has 0 aromatic heterocycles. The Kier molecular flexibility index (Phi) is 7.91. The van der Waals surface area contributed by atoms with Gasteiger partial charge in [-0.15, -0.1) is 0 Å². The number of carbonyl (C=O) groups is 1. The van der Waals surface area contributed by atoms with Gasteiger partial charge in [-0.3, -0.25) is 9.69 Å². The fourth-order valence-electron chi connectivity index (χ4n) is 3.90. The van der Waals surface area contributed by atoms with Crippen LogP contribution in [0.15, 0.2) is 24.3 Å². The van der Waals surface area contributed by atoms with Gasteiger partial charge in [0.15, 0.2) is 0 Å². The molecule has 4 heteroatoms. The van der Waals surface area contributed by atoms with Crippen molar-refractivity contribution in [2.24, 2.45) is 11.1 Å². The molecule has 1 aromatic rings. The number of amides is 1. The number of nitrogens with one attached hydrogen (secondary N) is 1. The molecule has 0 bridgehead atoms. The molecule has 0 unspecified atom stereocenters. The lowest BCUT2D eigenvalue weighted by Gasteiger charge is -2.35. The van der Waals surface area contributed by atoms with Crippen LogP contribution >= 0.6 is 0 Å². The Hall–Kier alpha value is -1.39. The van der Waals surface area contributed by atoms with Crippen LogP contribution in [0.4, 0.5) is 0 Å². The molecule has 1 fully saturated rings. The van der Waals surface area contributed by atoms with E-state index < -0.39 is 0 Å². The summed E-state index contributed by atoms with van der Waals surface area (Å²) in [6, 6.07) is 8.54. The fourth-order valence-corrected chi connectivity index (χ4v) is 3.90. The van der Waals surface area contributed by atoms with Gasteiger partial charge in [0.05, 0.1) is 0 Å². The van der Waals surface area contributed by atoms with Crippen LogP contribution in [0.5, 0.6) is 0 Å². The second-order valence-corrected chi connectivity index (χ2v) is 7.50. The molecule has 3 N–H and O–H groups in total. The maximum atomic E-state index is 12.4. The number of nitrogens with zero attached hydrogens (tertiary/aromatic N) is 1.